The molecule has 88 valence electrons. The van der Waals surface area contributed by atoms with E-state index in [9.17, 15) is 0 Å². The minimum atomic E-state index is 0.186. The molecule has 2 N–H and O–H groups in total. The summed E-state index contributed by atoms with van der Waals surface area (Å²) in [5, 5.41) is 0. The van der Waals surface area contributed by atoms with Gasteiger partial charge in [0.25, 0.3) is 0 Å². The number of pyridine rings is 1. The van der Waals surface area contributed by atoms with Gasteiger partial charge in [-0.1, -0.05) is 0 Å². The maximum atomic E-state index is 5.62. The molecule has 16 heavy (non-hydrogen) atoms. The Kier molecular flexibility index (Phi) is 3.88. The van der Waals surface area contributed by atoms with Crippen molar-refractivity contribution >= 4 is 0 Å². The summed E-state index contributed by atoms with van der Waals surface area (Å²) in [6.45, 7) is 6.34. The highest BCUT2D eigenvalue weighted by Gasteiger charge is 2.19. The van der Waals surface area contributed by atoms with Crippen LogP contribution >= 0.6 is 0 Å². The lowest BCUT2D eigenvalue weighted by atomic mass is 10.1. The molecule has 0 spiro atoms. The lowest BCUT2D eigenvalue weighted by Gasteiger charge is -2.32. The summed E-state index contributed by atoms with van der Waals surface area (Å²) in [6, 6.07) is 2.05. The molecule has 1 fully saturated rings. The number of aryl methyl sites for hydroxylation is 1. The van der Waals surface area contributed by atoms with Crippen molar-refractivity contribution in [2.75, 3.05) is 26.2 Å². The first-order valence-electron chi connectivity index (χ1n) is 5.73. The second-order valence-corrected chi connectivity index (χ2v) is 4.27. The summed E-state index contributed by atoms with van der Waals surface area (Å²) in [4.78, 5) is 6.55. The fourth-order valence-corrected chi connectivity index (χ4v) is 1.97. The zero-order valence-electron chi connectivity index (χ0n) is 9.72. The monoisotopic (exact) mass is 221 g/mol. The molecule has 2 rings (SSSR count). The van der Waals surface area contributed by atoms with Crippen LogP contribution in [0.3, 0.4) is 0 Å². The first-order valence-corrected chi connectivity index (χ1v) is 5.73. The van der Waals surface area contributed by atoms with E-state index in [4.69, 9.17) is 10.5 Å². The Labute approximate surface area is 96.4 Å². The molecular weight excluding hydrogens is 202 g/mol. The first-order chi connectivity index (χ1) is 7.79. The van der Waals surface area contributed by atoms with Crippen molar-refractivity contribution in [3.63, 3.8) is 0 Å². The van der Waals surface area contributed by atoms with Gasteiger partial charge < -0.3 is 10.5 Å². The third kappa shape index (κ3) is 2.78. The molecule has 0 bridgehead atoms. The molecule has 1 atom stereocenters. The standard InChI is InChI=1S/C12H19N3O/c1-10-2-3-14-7-11(10)8-15-4-5-16-12(6-13)9-15/h2-3,7,12H,4-6,8-9,13H2,1H3. The summed E-state index contributed by atoms with van der Waals surface area (Å²) in [7, 11) is 0. The lowest BCUT2D eigenvalue weighted by molar-refractivity contribution is -0.0261. The van der Waals surface area contributed by atoms with Crippen LogP contribution in [0.2, 0.25) is 0 Å². The van der Waals surface area contributed by atoms with E-state index in [1.54, 1.807) is 0 Å². The molecule has 4 heteroatoms. The molecular formula is C12H19N3O. The van der Waals surface area contributed by atoms with E-state index in [1.165, 1.54) is 11.1 Å². The van der Waals surface area contributed by atoms with Gasteiger partial charge in [0.2, 0.25) is 0 Å². The van der Waals surface area contributed by atoms with Gasteiger partial charge in [-0.3, -0.25) is 9.88 Å². The van der Waals surface area contributed by atoms with E-state index in [2.05, 4.69) is 22.9 Å². The van der Waals surface area contributed by atoms with Crippen LogP contribution in [0.25, 0.3) is 0 Å². The number of hydrogen-bond donors (Lipinski definition) is 1. The smallest absolute Gasteiger partial charge is 0.0824 e. The molecule has 1 aromatic rings. The van der Waals surface area contributed by atoms with E-state index >= 15 is 0 Å². The van der Waals surface area contributed by atoms with Gasteiger partial charge in [-0.15, -0.1) is 0 Å². The molecule has 2 heterocycles. The Morgan fingerprint density at radius 1 is 1.62 bits per heavy atom. The van der Waals surface area contributed by atoms with E-state index in [1.807, 2.05) is 12.4 Å². The molecule has 0 aliphatic carbocycles. The van der Waals surface area contributed by atoms with Crippen molar-refractivity contribution in [1.82, 2.24) is 9.88 Å². The van der Waals surface area contributed by atoms with E-state index in [0.29, 0.717) is 6.54 Å². The van der Waals surface area contributed by atoms with Gasteiger partial charge in [0, 0.05) is 38.6 Å². The van der Waals surface area contributed by atoms with Gasteiger partial charge in [0.1, 0.15) is 0 Å². The van der Waals surface area contributed by atoms with Gasteiger partial charge in [-0.05, 0) is 24.1 Å². The first kappa shape index (κ1) is 11.5. The van der Waals surface area contributed by atoms with Gasteiger partial charge in [0.15, 0.2) is 0 Å². The fraction of sp³-hybridized carbons (Fsp3) is 0.583. The number of hydrogen-bond acceptors (Lipinski definition) is 4. The minimum Gasteiger partial charge on any atom is -0.374 e. The second kappa shape index (κ2) is 5.39. The summed E-state index contributed by atoms with van der Waals surface area (Å²) >= 11 is 0. The predicted molar refractivity (Wildman–Crippen MR) is 63.0 cm³/mol. The van der Waals surface area contributed by atoms with Gasteiger partial charge in [0.05, 0.1) is 12.7 Å². The van der Waals surface area contributed by atoms with E-state index < -0.39 is 0 Å². The van der Waals surface area contributed by atoms with Crippen molar-refractivity contribution in [1.29, 1.82) is 0 Å². The van der Waals surface area contributed by atoms with Crippen LogP contribution in [-0.2, 0) is 11.3 Å². The molecule has 1 unspecified atom stereocenters. The maximum Gasteiger partial charge on any atom is 0.0824 e. The Morgan fingerprint density at radius 3 is 3.25 bits per heavy atom. The summed E-state index contributed by atoms with van der Waals surface area (Å²) in [5.74, 6) is 0. The SMILES string of the molecule is Cc1ccncc1CN1CCOC(CN)C1. The molecule has 1 aromatic heterocycles. The Balaban J connectivity index is 1.97. The summed E-state index contributed by atoms with van der Waals surface area (Å²) in [5.41, 5.74) is 8.21. The van der Waals surface area contributed by atoms with Crippen molar-refractivity contribution in [2.45, 2.75) is 19.6 Å². The van der Waals surface area contributed by atoms with Gasteiger partial charge in [-0.25, -0.2) is 0 Å². The van der Waals surface area contributed by atoms with Gasteiger partial charge in [-0.2, -0.15) is 0 Å². The largest absolute Gasteiger partial charge is 0.374 e. The highest BCUT2D eigenvalue weighted by atomic mass is 16.5. The predicted octanol–water partition coefficient (Wildman–Crippen LogP) is 0.550. The fourth-order valence-electron chi connectivity index (χ4n) is 1.97. The van der Waals surface area contributed by atoms with E-state index in [-0.39, 0.29) is 6.10 Å². The molecule has 1 saturated heterocycles. The molecule has 1 aliphatic rings. The zero-order chi connectivity index (χ0) is 11.4. The van der Waals surface area contributed by atoms with Crippen LogP contribution in [0.1, 0.15) is 11.1 Å². The Morgan fingerprint density at radius 2 is 2.50 bits per heavy atom. The second-order valence-electron chi connectivity index (χ2n) is 4.27. The number of ether oxygens (including phenoxy) is 1. The van der Waals surface area contributed by atoms with Crippen LogP contribution in [-0.4, -0.2) is 42.2 Å². The molecule has 0 saturated carbocycles. The number of nitrogens with two attached hydrogens (primary N) is 1. The topological polar surface area (TPSA) is 51.4 Å². The minimum absolute atomic E-state index is 0.186. The normalized spacial score (nSPS) is 22.2. The summed E-state index contributed by atoms with van der Waals surface area (Å²) in [6.07, 6.45) is 3.97. The zero-order valence-corrected chi connectivity index (χ0v) is 9.72. The van der Waals surface area contributed by atoms with Crippen LogP contribution in [0.15, 0.2) is 18.5 Å². The van der Waals surface area contributed by atoms with Gasteiger partial charge >= 0.3 is 0 Å². The number of morpholine rings is 1. The number of aromatic nitrogens is 1. The quantitative estimate of drug-likeness (QED) is 0.810. The Bertz CT molecular complexity index is 343. The average Bonchev–Trinajstić information content (AvgIpc) is 2.32. The molecule has 0 amide bonds. The molecule has 0 radical (unpaired) electrons. The number of rotatable bonds is 3. The lowest BCUT2D eigenvalue weighted by Crippen LogP contribution is -2.45. The van der Waals surface area contributed by atoms with Crippen LogP contribution in [0, 0.1) is 6.92 Å². The van der Waals surface area contributed by atoms with Crippen LogP contribution in [0.5, 0.6) is 0 Å². The third-order valence-corrected chi connectivity index (χ3v) is 3.03. The highest BCUT2D eigenvalue weighted by molar-refractivity contribution is 5.21. The van der Waals surface area contributed by atoms with E-state index in [0.717, 1.165) is 26.2 Å². The molecule has 4 nitrogen and oxygen atoms in total. The molecule has 1 aliphatic heterocycles. The van der Waals surface area contributed by atoms with Crippen molar-refractivity contribution < 1.29 is 4.74 Å². The number of nitrogens with zero attached hydrogens (tertiary/aromatic N) is 2. The van der Waals surface area contributed by atoms with Crippen molar-refractivity contribution in [3.8, 4) is 0 Å². The van der Waals surface area contributed by atoms with Crippen LogP contribution in [0.4, 0.5) is 0 Å². The summed E-state index contributed by atoms with van der Waals surface area (Å²) < 4.78 is 5.54. The average molecular weight is 221 g/mol. The van der Waals surface area contributed by atoms with Crippen molar-refractivity contribution in [2.24, 2.45) is 5.73 Å². The van der Waals surface area contributed by atoms with Crippen LogP contribution < -0.4 is 5.73 Å². The maximum absolute atomic E-state index is 5.62. The highest BCUT2D eigenvalue weighted by Crippen LogP contribution is 2.12. The van der Waals surface area contributed by atoms with Crippen molar-refractivity contribution in [3.05, 3.63) is 29.6 Å². The Hall–Kier alpha value is -0.970. The third-order valence-electron chi connectivity index (χ3n) is 3.03. The molecule has 0 aromatic carbocycles.